The molecule has 1 aromatic heterocycles. The van der Waals surface area contributed by atoms with E-state index in [-0.39, 0.29) is 12.5 Å². The molecule has 0 radical (unpaired) electrons. The van der Waals surface area contributed by atoms with Gasteiger partial charge in [0, 0.05) is 18.2 Å². The van der Waals surface area contributed by atoms with E-state index in [1.807, 2.05) is 20.8 Å². The third kappa shape index (κ3) is 6.99. The molecule has 2 amide bonds. The second-order valence-electron chi connectivity index (χ2n) is 6.39. The molecule has 0 aliphatic rings. The summed E-state index contributed by atoms with van der Waals surface area (Å²) in [5, 5.41) is 14.2. The van der Waals surface area contributed by atoms with Crippen LogP contribution in [0.2, 0.25) is 0 Å². The normalized spacial score (nSPS) is 11.2. The number of ether oxygens (including phenoxy) is 1. The number of carboxylic acids is 1. The first kappa shape index (κ1) is 18.7. The van der Waals surface area contributed by atoms with Crippen LogP contribution in [0.15, 0.2) is 12.3 Å². The van der Waals surface area contributed by atoms with Crippen molar-refractivity contribution < 1.29 is 19.4 Å². The van der Waals surface area contributed by atoms with Gasteiger partial charge in [0.1, 0.15) is 5.69 Å². The van der Waals surface area contributed by atoms with Gasteiger partial charge in [0.05, 0.1) is 6.10 Å². The Hall–Kier alpha value is -2.31. The van der Waals surface area contributed by atoms with Crippen molar-refractivity contribution in [3.63, 3.8) is 0 Å². The quantitative estimate of drug-likeness (QED) is 0.716. The fraction of sp³-hybridized carbons (Fsp3) is 0.562. The van der Waals surface area contributed by atoms with Gasteiger partial charge in [-0.1, -0.05) is 0 Å². The summed E-state index contributed by atoms with van der Waals surface area (Å²) >= 11 is 0. The Morgan fingerprint density at radius 1 is 1.39 bits per heavy atom. The molecule has 1 heterocycles. The summed E-state index contributed by atoms with van der Waals surface area (Å²) in [6.45, 7) is 9.16. The highest BCUT2D eigenvalue weighted by molar-refractivity contribution is 5.91. The number of aromatic nitrogens is 1. The van der Waals surface area contributed by atoms with Gasteiger partial charge in [0.2, 0.25) is 5.88 Å². The van der Waals surface area contributed by atoms with E-state index < -0.39 is 17.5 Å². The zero-order valence-corrected chi connectivity index (χ0v) is 14.3. The summed E-state index contributed by atoms with van der Waals surface area (Å²) in [5.41, 5.74) is 0.727. The number of urea groups is 1. The van der Waals surface area contributed by atoms with Crippen LogP contribution in [-0.4, -0.2) is 33.7 Å². The van der Waals surface area contributed by atoms with Crippen molar-refractivity contribution in [2.75, 3.05) is 5.32 Å². The first-order chi connectivity index (χ1) is 10.6. The second kappa shape index (κ2) is 7.80. The van der Waals surface area contributed by atoms with Gasteiger partial charge >= 0.3 is 12.0 Å². The minimum atomic E-state index is -0.893. The number of carbonyl (C=O) groups excluding carboxylic acids is 1. The zero-order chi connectivity index (χ0) is 17.6. The zero-order valence-electron chi connectivity index (χ0n) is 14.3. The largest absolute Gasteiger partial charge is 0.481 e. The summed E-state index contributed by atoms with van der Waals surface area (Å²) in [5.74, 6) is -0.542. The van der Waals surface area contributed by atoms with Gasteiger partial charge in [-0.25, -0.2) is 9.78 Å². The molecule has 23 heavy (non-hydrogen) atoms. The van der Waals surface area contributed by atoms with Crippen LogP contribution < -0.4 is 15.4 Å². The Morgan fingerprint density at radius 3 is 2.61 bits per heavy atom. The number of carboxylic acid groups (broad SMARTS) is 1. The lowest BCUT2D eigenvalue weighted by Crippen LogP contribution is -2.45. The first-order valence-electron chi connectivity index (χ1n) is 7.53. The van der Waals surface area contributed by atoms with Crippen molar-refractivity contribution >= 4 is 17.7 Å². The van der Waals surface area contributed by atoms with Crippen molar-refractivity contribution in [1.29, 1.82) is 0 Å². The van der Waals surface area contributed by atoms with E-state index in [1.165, 1.54) is 0 Å². The SMILES string of the molecule is Cc1cnc(OC(C)C)c(NC(=O)NC(C)(C)CCC(=O)O)c1. The van der Waals surface area contributed by atoms with Crippen molar-refractivity contribution in [3.8, 4) is 5.88 Å². The molecule has 3 N–H and O–H groups in total. The molecular weight excluding hydrogens is 298 g/mol. The van der Waals surface area contributed by atoms with E-state index in [1.54, 1.807) is 26.1 Å². The van der Waals surface area contributed by atoms with Crippen LogP contribution in [-0.2, 0) is 4.79 Å². The van der Waals surface area contributed by atoms with Crippen molar-refractivity contribution in [3.05, 3.63) is 17.8 Å². The summed E-state index contributed by atoms with van der Waals surface area (Å²) in [6, 6.07) is 1.34. The molecule has 7 nitrogen and oxygen atoms in total. The molecule has 1 rings (SSSR count). The van der Waals surface area contributed by atoms with E-state index in [0.717, 1.165) is 5.56 Å². The molecule has 128 valence electrons. The highest BCUT2D eigenvalue weighted by Gasteiger charge is 2.22. The Kier molecular flexibility index (Phi) is 6.36. The molecular formula is C16H25N3O4. The number of nitrogens with zero attached hydrogens (tertiary/aromatic N) is 1. The number of rotatable bonds is 7. The molecule has 0 aliphatic heterocycles. The molecule has 0 bridgehead atoms. The van der Waals surface area contributed by atoms with Crippen LogP contribution >= 0.6 is 0 Å². The number of aliphatic carboxylic acids is 1. The molecule has 0 fully saturated rings. The van der Waals surface area contributed by atoms with E-state index >= 15 is 0 Å². The van der Waals surface area contributed by atoms with Crippen LogP contribution in [0.3, 0.4) is 0 Å². The topological polar surface area (TPSA) is 101 Å². The summed E-state index contributed by atoms with van der Waals surface area (Å²) < 4.78 is 5.58. The molecule has 0 spiro atoms. The number of aryl methyl sites for hydroxylation is 1. The Morgan fingerprint density at radius 2 is 2.04 bits per heavy atom. The van der Waals surface area contributed by atoms with Gasteiger partial charge in [0.15, 0.2) is 0 Å². The maximum Gasteiger partial charge on any atom is 0.319 e. The summed E-state index contributed by atoms with van der Waals surface area (Å²) in [7, 11) is 0. The number of anilines is 1. The van der Waals surface area contributed by atoms with Crippen LogP contribution in [0, 0.1) is 6.92 Å². The van der Waals surface area contributed by atoms with Gasteiger partial charge in [-0.2, -0.15) is 0 Å². The molecule has 1 aromatic rings. The van der Waals surface area contributed by atoms with Crippen LogP contribution in [0.25, 0.3) is 0 Å². The van der Waals surface area contributed by atoms with Crippen molar-refractivity contribution in [2.45, 2.75) is 59.1 Å². The Balaban J connectivity index is 2.76. The predicted molar refractivity (Wildman–Crippen MR) is 87.8 cm³/mol. The fourth-order valence-electron chi connectivity index (χ4n) is 1.91. The van der Waals surface area contributed by atoms with Crippen molar-refractivity contribution in [1.82, 2.24) is 10.3 Å². The monoisotopic (exact) mass is 323 g/mol. The van der Waals surface area contributed by atoms with E-state index in [0.29, 0.717) is 18.0 Å². The Labute approximate surface area is 136 Å². The van der Waals surface area contributed by atoms with Gasteiger partial charge in [-0.3, -0.25) is 4.79 Å². The lowest BCUT2D eigenvalue weighted by Gasteiger charge is -2.26. The molecule has 0 aliphatic carbocycles. The number of hydrogen-bond donors (Lipinski definition) is 3. The highest BCUT2D eigenvalue weighted by Crippen LogP contribution is 2.24. The first-order valence-corrected chi connectivity index (χ1v) is 7.53. The lowest BCUT2D eigenvalue weighted by molar-refractivity contribution is -0.137. The molecule has 0 aromatic carbocycles. The predicted octanol–water partition coefficient (Wildman–Crippen LogP) is 2.94. The Bertz CT molecular complexity index is 570. The number of amides is 2. The van der Waals surface area contributed by atoms with Gasteiger partial charge in [-0.15, -0.1) is 0 Å². The average molecular weight is 323 g/mol. The average Bonchev–Trinajstić information content (AvgIpc) is 2.38. The smallest absolute Gasteiger partial charge is 0.319 e. The molecule has 0 atom stereocenters. The molecule has 0 unspecified atom stereocenters. The van der Waals surface area contributed by atoms with Gasteiger partial charge in [0.25, 0.3) is 0 Å². The maximum absolute atomic E-state index is 12.2. The van der Waals surface area contributed by atoms with Gasteiger partial charge in [-0.05, 0) is 52.7 Å². The second-order valence-corrected chi connectivity index (χ2v) is 6.39. The number of nitrogens with one attached hydrogen (secondary N) is 2. The lowest BCUT2D eigenvalue weighted by atomic mass is 9.99. The number of pyridine rings is 1. The summed E-state index contributed by atoms with van der Waals surface area (Å²) in [6.07, 6.45) is 1.91. The highest BCUT2D eigenvalue weighted by atomic mass is 16.5. The van der Waals surface area contributed by atoms with Gasteiger partial charge < -0.3 is 20.5 Å². The fourth-order valence-corrected chi connectivity index (χ4v) is 1.91. The standard InChI is InChI=1S/C16H25N3O4/c1-10(2)23-14-12(8-11(3)9-17-14)18-15(22)19-16(4,5)7-6-13(20)21/h8-10H,6-7H2,1-5H3,(H,20,21)(H2,18,19,22). The summed E-state index contributed by atoms with van der Waals surface area (Å²) in [4.78, 5) is 27.0. The maximum atomic E-state index is 12.2. The van der Waals surface area contributed by atoms with Crippen LogP contribution in [0.5, 0.6) is 5.88 Å². The van der Waals surface area contributed by atoms with Crippen LogP contribution in [0.1, 0.15) is 46.1 Å². The van der Waals surface area contributed by atoms with E-state index in [9.17, 15) is 9.59 Å². The molecule has 7 heteroatoms. The minimum absolute atomic E-state index is 0.0129. The third-order valence-corrected chi connectivity index (χ3v) is 3.00. The number of carbonyl (C=O) groups is 2. The minimum Gasteiger partial charge on any atom is -0.481 e. The third-order valence-electron chi connectivity index (χ3n) is 3.00. The molecule has 0 saturated heterocycles. The van der Waals surface area contributed by atoms with E-state index in [4.69, 9.17) is 9.84 Å². The van der Waals surface area contributed by atoms with Crippen LogP contribution in [0.4, 0.5) is 10.5 Å². The van der Waals surface area contributed by atoms with Crippen molar-refractivity contribution in [2.24, 2.45) is 0 Å². The van der Waals surface area contributed by atoms with E-state index in [2.05, 4.69) is 15.6 Å². The number of hydrogen-bond acceptors (Lipinski definition) is 4. The molecule has 0 saturated carbocycles.